The molecular weight excluding hydrogens is 286 g/mol. The van der Waals surface area contributed by atoms with Crippen LogP contribution in [0.15, 0.2) is 23.0 Å². The molecule has 0 saturated carbocycles. The molecule has 0 aliphatic rings. The number of benzene rings is 1. The number of nitrogens with zero attached hydrogens (tertiary/aromatic N) is 2. The summed E-state index contributed by atoms with van der Waals surface area (Å²) in [6.07, 6.45) is 2.55. The molecule has 0 atom stereocenters. The fraction of sp³-hybridized carbons (Fsp3) is 0.500. The summed E-state index contributed by atoms with van der Waals surface area (Å²) >= 11 is 6.17. The van der Waals surface area contributed by atoms with Crippen molar-refractivity contribution in [2.24, 2.45) is 11.7 Å². The molecule has 0 aliphatic heterocycles. The molecule has 0 aliphatic carbocycles. The number of aryl methyl sites for hydroxylation is 1. The smallest absolute Gasteiger partial charge is 0.262 e. The lowest BCUT2D eigenvalue weighted by molar-refractivity contribution is 0.532. The summed E-state index contributed by atoms with van der Waals surface area (Å²) in [6, 6.07) is 5.40. The van der Waals surface area contributed by atoms with E-state index in [1.807, 2.05) is 12.1 Å². The minimum atomic E-state index is -0.0576. The lowest BCUT2D eigenvalue weighted by atomic mass is 10.1. The third kappa shape index (κ3) is 3.63. The maximum Gasteiger partial charge on any atom is 0.262 e. The summed E-state index contributed by atoms with van der Waals surface area (Å²) < 4.78 is 1.74. The van der Waals surface area contributed by atoms with Gasteiger partial charge in [0.25, 0.3) is 5.56 Å². The Morgan fingerprint density at radius 1 is 1.38 bits per heavy atom. The standard InChI is InChI=1S/C16H22ClN3O/c1-11(2)7-8-14-19-13-6-3-5-12(17)15(13)16(21)20(14)10-4-9-18/h3,5-6,11H,4,7-10,18H2,1-2H3. The van der Waals surface area contributed by atoms with E-state index in [-0.39, 0.29) is 5.56 Å². The Morgan fingerprint density at radius 3 is 2.81 bits per heavy atom. The van der Waals surface area contributed by atoms with E-state index in [1.54, 1.807) is 10.6 Å². The van der Waals surface area contributed by atoms with Gasteiger partial charge >= 0.3 is 0 Å². The Hall–Kier alpha value is -1.39. The van der Waals surface area contributed by atoms with Crippen molar-refractivity contribution in [3.63, 3.8) is 0 Å². The first-order valence-corrected chi connectivity index (χ1v) is 7.80. The largest absolute Gasteiger partial charge is 0.330 e. The lowest BCUT2D eigenvalue weighted by Gasteiger charge is -2.14. The van der Waals surface area contributed by atoms with Gasteiger partial charge in [-0.25, -0.2) is 4.98 Å². The van der Waals surface area contributed by atoms with Crippen LogP contribution in [0.25, 0.3) is 10.9 Å². The van der Waals surface area contributed by atoms with Crippen molar-refractivity contribution in [3.8, 4) is 0 Å². The number of hydrogen-bond acceptors (Lipinski definition) is 3. The fourth-order valence-corrected chi connectivity index (χ4v) is 2.61. The van der Waals surface area contributed by atoms with Gasteiger partial charge in [-0.3, -0.25) is 9.36 Å². The molecular formula is C16H22ClN3O. The number of halogens is 1. The second-order valence-corrected chi connectivity index (χ2v) is 6.10. The molecule has 4 nitrogen and oxygen atoms in total. The van der Waals surface area contributed by atoms with Crippen LogP contribution in [0.1, 0.15) is 32.5 Å². The molecule has 0 saturated heterocycles. The molecule has 1 heterocycles. The molecule has 0 spiro atoms. The van der Waals surface area contributed by atoms with Gasteiger partial charge in [0.2, 0.25) is 0 Å². The van der Waals surface area contributed by atoms with Crippen molar-refractivity contribution >= 4 is 22.5 Å². The van der Waals surface area contributed by atoms with Crippen LogP contribution < -0.4 is 11.3 Å². The molecule has 1 aromatic carbocycles. The van der Waals surface area contributed by atoms with Crippen molar-refractivity contribution in [1.82, 2.24) is 9.55 Å². The number of hydrogen-bond donors (Lipinski definition) is 1. The van der Waals surface area contributed by atoms with E-state index in [9.17, 15) is 4.79 Å². The van der Waals surface area contributed by atoms with Gasteiger partial charge < -0.3 is 5.73 Å². The van der Waals surface area contributed by atoms with Gasteiger partial charge in [0.05, 0.1) is 15.9 Å². The predicted octanol–water partition coefficient (Wildman–Crippen LogP) is 2.99. The molecule has 114 valence electrons. The third-order valence-corrected chi connectivity index (χ3v) is 3.86. The Kier molecular flexibility index (Phi) is 5.37. The normalized spacial score (nSPS) is 11.5. The minimum Gasteiger partial charge on any atom is -0.330 e. The van der Waals surface area contributed by atoms with E-state index >= 15 is 0 Å². The topological polar surface area (TPSA) is 60.9 Å². The quantitative estimate of drug-likeness (QED) is 0.892. The summed E-state index contributed by atoms with van der Waals surface area (Å²) in [5, 5.41) is 0.964. The van der Waals surface area contributed by atoms with Crippen LogP contribution >= 0.6 is 11.6 Å². The second-order valence-electron chi connectivity index (χ2n) is 5.69. The zero-order valence-corrected chi connectivity index (χ0v) is 13.4. The summed E-state index contributed by atoms with van der Waals surface area (Å²) in [5.74, 6) is 1.40. The summed E-state index contributed by atoms with van der Waals surface area (Å²) in [6.45, 7) is 5.48. The number of rotatable bonds is 6. The molecule has 21 heavy (non-hydrogen) atoms. The van der Waals surface area contributed by atoms with E-state index < -0.39 is 0 Å². The Labute approximate surface area is 129 Å². The van der Waals surface area contributed by atoms with Gasteiger partial charge in [0.15, 0.2) is 0 Å². The van der Waals surface area contributed by atoms with Gasteiger partial charge in [0.1, 0.15) is 5.82 Å². The van der Waals surface area contributed by atoms with E-state index in [0.717, 1.165) is 25.1 Å². The fourth-order valence-electron chi connectivity index (χ4n) is 2.36. The molecule has 1 aromatic heterocycles. The summed E-state index contributed by atoms with van der Waals surface area (Å²) in [7, 11) is 0. The maximum absolute atomic E-state index is 12.7. The number of aromatic nitrogens is 2. The minimum absolute atomic E-state index is 0.0576. The second kappa shape index (κ2) is 7.05. The maximum atomic E-state index is 12.7. The van der Waals surface area contributed by atoms with Crippen LogP contribution in [-0.2, 0) is 13.0 Å². The van der Waals surface area contributed by atoms with Crippen LogP contribution in [-0.4, -0.2) is 16.1 Å². The highest BCUT2D eigenvalue weighted by Crippen LogP contribution is 2.19. The SMILES string of the molecule is CC(C)CCc1nc2cccc(Cl)c2c(=O)n1CCCN. The van der Waals surface area contributed by atoms with Gasteiger partial charge in [-0.1, -0.05) is 31.5 Å². The van der Waals surface area contributed by atoms with E-state index in [1.165, 1.54) is 0 Å². The van der Waals surface area contributed by atoms with E-state index in [0.29, 0.717) is 34.9 Å². The first-order chi connectivity index (χ1) is 10.0. The van der Waals surface area contributed by atoms with Crippen molar-refractivity contribution < 1.29 is 0 Å². The van der Waals surface area contributed by atoms with Gasteiger partial charge in [-0.2, -0.15) is 0 Å². The first-order valence-electron chi connectivity index (χ1n) is 7.42. The highest BCUT2D eigenvalue weighted by atomic mass is 35.5. The van der Waals surface area contributed by atoms with Gasteiger partial charge in [-0.15, -0.1) is 0 Å². The lowest BCUT2D eigenvalue weighted by Crippen LogP contribution is -2.27. The number of nitrogens with two attached hydrogens (primary N) is 1. The van der Waals surface area contributed by atoms with Gasteiger partial charge in [-0.05, 0) is 37.4 Å². The molecule has 0 radical (unpaired) electrons. The Balaban J connectivity index is 2.56. The third-order valence-electron chi connectivity index (χ3n) is 3.54. The van der Waals surface area contributed by atoms with Crippen LogP contribution in [0.5, 0.6) is 0 Å². The molecule has 2 rings (SSSR count). The molecule has 2 aromatic rings. The van der Waals surface area contributed by atoms with Crippen molar-refractivity contribution in [2.75, 3.05) is 6.54 Å². The Bertz CT molecular complexity index is 679. The average molecular weight is 308 g/mol. The number of fused-ring (bicyclic) bond motifs is 1. The summed E-state index contributed by atoms with van der Waals surface area (Å²) in [4.78, 5) is 17.4. The van der Waals surface area contributed by atoms with E-state index in [2.05, 4.69) is 18.8 Å². The molecule has 0 unspecified atom stereocenters. The first kappa shape index (κ1) is 16.0. The van der Waals surface area contributed by atoms with Crippen molar-refractivity contribution in [3.05, 3.63) is 39.4 Å². The highest BCUT2D eigenvalue weighted by Gasteiger charge is 2.13. The van der Waals surface area contributed by atoms with Crippen LogP contribution in [0.4, 0.5) is 0 Å². The van der Waals surface area contributed by atoms with Crippen molar-refractivity contribution in [2.45, 2.75) is 39.7 Å². The monoisotopic (exact) mass is 307 g/mol. The highest BCUT2D eigenvalue weighted by molar-refractivity contribution is 6.35. The van der Waals surface area contributed by atoms with E-state index in [4.69, 9.17) is 17.3 Å². The molecule has 0 fully saturated rings. The van der Waals surface area contributed by atoms with Crippen LogP contribution in [0.2, 0.25) is 5.02 Å². The average Bonchev–Trinajstić information content (AvgIpc) is 2.44. The molecule has 0 amide bonds. The van der Waals surface area contributed by atoms with Crippen LogP contribution in [0.3, 0.4) is 0 Å². The molecule has 5 heteroatoms. The molecule has 2 N–H and O–H groups in total. The molecule has 0 bridgehead atoms. The van der Waals surface area contributed by atoms with Crippen LogP contribution in [0, 0.1) is 5.92 Å². The van der Waals surface area contributed by atoms with Gasteiger partial charge in [0, 0.05) is 13.0 Å². The zero-order valence-electron chi connectivity index (χ0n) is 12.6. The Morgan fingerprint density at radius 2 is 2.14 bits per heavy atom. The summed E-state index contributed by atoms with van der Waals surface area (Å²) in [5.41, 5.74) is 6.20. The van der Waals surface area contributed by atoms with Crippen molar-refractivity contribution in [1.29, 1.82) is 0 Å². The predicted molar refractivity (Wildman–Crippen MR) is 87.8 cm³/mol. The zero-order chi connectivity index (χ0) is 15.4.